The number of halogens is 3. The van der Waals surface area contributed by atoms with E-state index in [9.17, 15) is 18.0 Å². The molecule has 3 fully saturated rings. The minimum atomic E-state index is -5.08. The number of hydrogen-bond acceptors (Lipinski definition) is 5. The average Bonchev–Trinajstić information content (AvgIpc) is 3.37. The van der Waals surface area contributed by atoms with Crippen molar-refractivity contribution >= 4 is 11.9 Å². The molecule has 1 N–H and O–H groups in total. The van der Waals surface area contributed by atoms with Gasteiger partial charge >= 0.3 is 12.1 Å². The summed E-state index contributed by atoms with van der Waals surface area (Å²) in [5, 5.41) is 16.0. The normalized spacial score (nSPS) is 23.8. The fraction of sp³-hybridized carbons (Fsp3) is 0.591. The number of carbonyl (C=O) groups is 2. The first-order valence-corrected chi connectivity index (χ1v) is 10.6. The lowest BCUT2D eigenvalue weighted by Crippen LogP contribution is -2.41. The van der Waals surface area contributed by atoms with Crippen LogP contribution in [-0.4, -0.2) is 77.9 Å². The fourth-order valence-corrected chi connectivity index (χ4v) is 4.67. The van der Waals surface area contributed by atoms with Gasteiger partial charge in [0.1, 0.15) is 0 Å². The summed E-state index contributed by atoms with van der Waals surface area (Å²) in [6.07, 6.45) is -0.588. The maximum Gasteiger partial charge on any atom is 0.490 e. The molecular weight excluding hydrogens is 427 g/mol. The number of rotatable bonds is 3. The number of ether oxygens (including phenoxy) is 1. The quantitative estimate of drug-likeness (QED) is 0.757. The van der Waals surface area contributed by atoms with Gasteiger partial charge in [-0.2, -0.15) is 18.4 Å². The van der Waals surface area contributed by atoms with Crippen molar-refractivity contribution in [3.63, 3.8) is 0 Å². The number of fused-ring (bicyclic) bond motifs is 1. The molecule has 3 saturated heterocycles. The monoisotopic (exact) mass is 453 g/mol. The molecule has 0 radical (unpaired) electrons. The lowest BCUT2D eigenvalue weighted by atomic mass is 9.99. The molecule has 3 aliphatic rings. The van der Waals surface area contributed by atoms with Gasteiger partial charge < -0.3 is 14.7 Å². The Morgan fingerprint density at radius 2 is 1.66 bits per heavy atom. The molecule has 1 aromatic rings. The second kappa shape index (κ2) is 10.3. The van der Waals surface area contributed by atoms with E-state index in [-0.39, 0.29) is 5.91 Å². The van der Waals surface area contributed by atoms with Gasteiger partial charge in [-0.05, 0) is 55.9 Å². The van der Waals surface area contributed by atoms with E-state index in [1.165, 1.54) is 12.8 Å². The van der Waals surface area contributed by atoms with Crippen molar-refractivity contribution in [3.05, 3.63) is 35.4 Å². The summed E-state index contributed by atoms with van der Waals surface area (Å²) in [7, 11) is 0. The number of benzene rings is 1. The maximum atomic E-state index is 12.9. The molecule has 10 heteroatoms. The van der Waals surface area contributed by atoms with Gasteiger partial charge in [0.25, 0.3) is 5.91 Å². The van der Waals surface area contributed by atoms with Crippen molar-refractivity contribution < 1.29 is 32.6 Å². The van der Waals surface area contributed by atoms with Gasteiger partial charge in [-0.3, -0.25) is 9.69 Å². The van der Waals surface area contributed by atoms with Crippen LogP contribution in [0.1, 0.15) is 41.6 Å². The Hall–Kier alpha value is -2.64. The van der Waals surface area contributed by atoms with Crippen LogP contribution >= 0.6 is 0 Å². The van der Waals surface area contributed by atoms with Crippen LogP contribution in [0.5, 0.6) is 0 Å². The fourth-order valence-electron chi connectivity index (χ4n) is 4.67. The van der Waals surface area contributed by atoms with Gasteiger partial charge in [-0.1, -0.05) is 0 Å². The third kappa shape index (κ3) is 5.78. The van der Waals surface area contributed by atoms with E-state index < -0.39 is 12.1 Å². The molecule has 0 aliphatic carbocycles. The van der Waals surface area contributed by atoms with Crippen molar-refractivity contribution in [1.29, 1.82) is 5.26 Å². The van der Waals surface area contributed by atoms with E-state index in [1.807, 2.05) is 0 Å². The highest BCUT2D eigenvalue weighted by molar-refractivity contribution is 5.94. The number of amides is 1. The number of carbonyl (C=O) groups excluding carboxylic acids is 1. The highest BCUT2D eigenvalue weighted by Gasteiger charge is 2.44. The summed E-state index contributed by atoms with van der Waals surface area (Å²) < 4.78 is 37.2. The summed E-state index contributed by atoms with van der Waals surface area (Å²) in [5.74, 6) is -1.90. The molecule has 174 valence electrons. The number of carboxylic acid groups (broad SMARTS) is 1. The molecule has 3 aliphatic heterocycles. The Balaban J connectivity index is 0.000000360. The van der Waals surface area contributed by atoms with Crippen LogP contribution in [0.2, 0.25) is 0 Å². The summed E-state index contributed by atoms with van der Waals surface area (Å²) in [5.41, 5.74) is 1.29. The summed E-state index contributed by atoms with van der Waals surface area (Å²) in [6, 6.07) is 9.99. The van der Waals surface area contributed by atoms with Crippen LogP contribution < -0.4 is 0 Å². The number of nitrogens with zero attached hydrogens (tertiary/aromatic N) is 3. The number of carboxylic acids is 1. The summed E-state index contributed by atoms with van der Waals surface area (Å²) in [4.78, 5) is 26.5. The molecule has 7 nitrogen and oxygen atoms in total. The molecule has 1 aromatic carbocycles. The molecule has 0 unspecified atom stereocenters. The highest BCUT2D eigenvalue weighted by atomic mass is 19.4. The SMILES string of the molecule is N#Cc1ccc(C(=O)N2CC[C@H]3[C@H]2CCN3CC2CCOCC2)cc1.O=C(O)C(F)(F)F. The first-order valence-electron chi connectivity index (χ1n) is 10.6. The third-order valence-electron chi connectivity index (χ3n) is 6.29. The van der Waals surface area contributed by atoms with Crippen molar-refractivity contribution in [2.75, 3.05) is 32.8 Å². The van der Waals surface area contributed by atoms with E-state index in [1.54, 1.807) is 24.3 Å². The summed E-state index contributed by atoms with van der Waals surface area (Å²) >= 11 is 0. The topological polar surface area (TPSA) is 93.9 Å². The third-order valence-corrected chi connectivity index (χ3v) is 6.29. The second-order valence-corrected chi connectivity index (χ2v) is 8.25. The van der Waals surface area contributed by atoms with Crippen LogP contribution in [0.25, 0.3) is 0 Å². The zero-order valence-electron chi connectivity index (χ0n) is 17.6. The van der Waals surface area contributed by atoms with Gasteiger partial charge in [0.15, 0.2) is 0 Å². The first-order chi connectivity index (χ1) is 15.2. The minimum Gasteiger partial charge on any atom is -0.475 e. The van der Waals surface area contributed by atoms with Gasteiger partial charge in [0.2, 0.25) is 0 Å². The number of nitriles is 1. The van der Waals surface area contributed by atoms with Crippen molar-refractivity contribution in [3.8, 4) is 6.07 Å². The smallest absolute Gasteiger partial charge is 0.475 e. The molecule has 0 saturated carbocycles. The van der Waals surface area contributed by atoms with E-state index in [0.29, 0.717) is 23.2 Å². The van der Waals surface area contributed by atoms with Gasteiger partial charge in [0, 0.05) is 50.5 Å². The number of hydrogen-bond donors (Lipinski definition) is 1. The van der Waals surface area contributed by atoms with E-state index in [2.05, 4.69) is 15.9 Å². The van der Waals surface area contributed by atoms with E-state index >= 15 is 0 Å². The Labute approximate surface area is 184 Å². The van der Waals surface area contributed by atoms with Crippen LogP contribution in [0.3, 0.4) is 0 Å². The number of aliphatic carboxylic acids is 1. The highest BCUT2D eigenvalue weighted by Crippen LogP contribution is 2.34. The zero-order valence-corrected chi connectivity index (χ0v) is 17.6. The molecule has 32 heavy (non-hydrogen) atoms. The first kappa shape index (κ1) is 24.0. The predicted molar refractivity (Wildman–Crippen MR) is 108 cm³/mol. The Kier molecular flexibility index (Phi) is 7.74. The minimum absolute atomic E-state index is 0.116. The Morgan fingerprint density at radius 3 is 2.22 bits per heavy atom. The lowest BCUT2D eigenvalue weighted by molar-refractivity contribution is -0.192. The van der Waals surface area contributed by atoms with Crippen molar-refractivity contribution in [2.24, 2.45) is 5.92 Å². The molecule has 0 spiro atoms. The average molecular weight is 453 g/mol. The van der Waals surface area contributed by atoms with Crippen molar-refractivity contribution in [2.45, 2.75) is 43.9 Å². The van der Waals surface area contributed by atoms with Crippen LogP contribution in [-0.2, 0) is 9.53 Å². The number of alkyl halides is 3. The standard InChI is InChI=1S/C20H25N3O2.C2HF3O2/c21-13-15-1-3-17(4-2-15)20(24)23-10-6-18-19(23)5-9-22(18)14-16-7-11-25-12-8-16;3-2(4,5)1(6)7/h1-4,16,18-19H,5-12,14H2;(H,6,7)/t18-,19+;/m0./s1. The van der Waals surface area contributed by atoms with E-state index in [0.717, 1.165) is 51.6 Å². The van der Waals surface area contributed by atoms with Gasteiger partial charge in [-0.25, -0.2) is 4.79 Å². The summed E-state index contributed by atoms with van der Waals surface area (Å²) in [6.45, 7) is 4.90. The molecule has 0 aromatic heterocycles. The molecule has 2 atom stereocenters. The molecule has 3 heterocycles. The number of likely N-dealkylation sites (tertiary alicyclic amines) is 2. The maximum absolute atomic E-state index is 12.9. The molecule has 1 amide bonds. The molecular formula is C22H26F3N3O4. The second-order valence-electron chi connectivity index (χ2n) is 8.25. The Morgan fingerprint density at radius 1 is 1.06 bits per heavy atom. The van der Waals surface area contributed by atoms with Crippen LogP contribution in [0, 0.1) is 17.2 Å². The molecule has 4 rings (SSSR count). The van der Waals surface area contributed by atoms with Crippen LogP contribution in [0.15, 0.2) is 24.3 Å². The lowest BCUT2D eigenvalue weighted by Gasteiger charge is -2.30. The van der Waals surface area contributed by atoms with Gasteiger partial charge in [0.05, 0.1) is 11.6 Å². The largest absolute Gasteiger partial charge is 0.490 e. The van der Waals surface area contributed by atoms with Crippen LogP contribution in [0.4, 0.5) is 13.2 Å². The van der Waals surface area contributed by atoms with Crippen molar-refractivity contribution in [1.82, 2.24) is 9.80 Å². The molecule has 0 bridgehead atoms. The Bertz CT molecular complexity index is 847. The zero-order chi connectivity index (χ0) is 23.3. The van der Waals surface area contributed by atoms with E-state index in [4.69, 9.17) is 19.9 Å². The predicted octanol–water partition coefficient (Wildman–Crippen LogP) is 2.91. The van der Waals surface area contributed by atoms with Gasteiger partial charge in [-0.15, -0.1) is 0 Å².